The van der Waals surface area contributed by atoms with Crippen molar-refractivity contribution in [3.8, 4) is 0 Å². The maximum absolute atomic E-state index is 4.24. The smallest absolute Gasteiger partial charge is 0.0921 e. The van der Waals surface area contributed by atoms with Crippen LogP contribution in [0.15, 0.2) is 16.8 Å². The highest BCUT2D eigenvalue weighted by molar-refractivity contribution is 5.75. The van der Waals surface area contributed by atoms with Crippen LogP contribution >= 0.6 is 0 Å². The molecule has 1 saturated heterocycles. The van der Waals surface area contributed by atoms with Crippen molar-refractivity contribution in [2.75, 3.05) is 6.54 Å². The van der Waals surface area contributed by atoms with Gasteiger partial charge in [0.25, 0.3) is 0 Å². The summed E-state index contributed by atoms with van der Waals surface area (Å²) < 4.78 is 0. The first-order chi connectivity index (χ1) is 4.47. The molecule has 2 N–H and O–H groups in total. The van der Waals surface area contributed by atoms with Crippen LogP contribution in [-0.2, 0) is 0 Å². The Hall–Kier alpha value is -0.830. The zero-order valence-corrected chi connectivity index (χ0v) is 5.09. The van der Waals surface area contributed by atoms with E-state index in [0.717, 1.165) is 13.0 Å². The number of nitrogens with one attached hydrogen (secondary N) is 2. The third kappa shape index (κ3) is 0.733. The zero-order valence-electron chi connectivity index (χ0n) is 5.09. The Morgan fingerprint density at radius 2 is 2.67 bits per heavy atom. The second-order valence-corrected chi connectivity index (χ2v) is 2.28. The van der Waals surface area contributed by atoms with Gasteiger partial charge in [-0.25, -0.2) is 5.43 Å². The summed E-state index contributed by atoms with van der Waals surface area (Å²) in [5.41, 5.74) is 7.33. The minimum atomic E-state index is 0.422. The van der Waals surface area contributed by atoms with E-state index in [0.29, 0.717) is 6.04 Å². The second-order valence-electron chi connectivity index (χ2n) is 2.28. The quantitative estimate of drug-likeness (QED) is 0.469. The van der Waals surface area contributed by atoms with Crippen molar-refractivity contribution < 1.29 is 0 Å². The molecule has 2 heterocycles. The second kappa shape index (κ2) is 1.84. The van der Waals surface area contributed by atoms with E-state index >= 15 is 0 Å². The van der Waals surface area contributed by atoms with Gasteiger partial charge in [-0.1, -0.05) is 0 Å². The van der Waals surface area contributed by atoms with Gasteiger partial charge < -0.3 is 5.43 Å². The lowest BCUT2D eigenvalue weighted by atomic mass is 10.1. The molecule has 0 aliphatic carbocycles. The number of rotatable bonds is 0. The normalized spacial score (nSPS) is 31.1. The summed E-state index contributed by atoms with van der Waals surface area (Å²) in [7, 11) is 0. The van der Waals surface area contributed by atoms with Gasteiger partial charge in [0.15, 0.2) is 0 Å². The minimum absolute atomic E-state index is 0.422. The summed E-state index contributed by atoms with van der Waals surface area (Å²) in [5, 5.41) is 0. The molecule has 9 heavy (non-hydrogen) atoms. The van der Waals surface area contributed by atoms with Crippen LogP contribution in [0.25, 0.3) is 0 Å². The minimum Gasteiger partial charge on any atom is -0.323 e. The molecule has 2 aliphatic rings. The molecule has 1 fully saturated rings. The molecule has 0 bridgehead atoms. The number of hydrogen-bond donors (Lipinski definition) is 2. The number of fused-ring (bicyclic) bond motifs is 1. The van der Waals surface area contributed by atoms with Gasteiger partial charge in [-0.2, -0.15) is 0 Å². The Balaban J connectivity index is 2.16. The van der Waals surface area contributed by atoms with Gasteiger partial charge in [0.1, 0.15) is 0 Å². The molecule has 0 aromatic heterocycles. The summed E-state index contributed by atoms with van der Waals surface area (Å²) >= 11 is 0. The molecule has 3 nitrogen and oxygen atoms in total. The molecule has 1 unspecified atom stereocenters. The average Bonchev–Trinajstić information content (AvgIpc) is 2.33. The Kier molecular flexibility index (Phi) is 1.02. The molecule has 1 atom stereocenters. The van der Waals surface area contributed by atoms with E-state index < -0.39 is 0 Å². The van der Waals surface area contributed by atoms with Crippen molar-refractivity contribution in [3.63, 3.8) is 0 Å². The van der Waals surface area contributed by atoms with Crippen molar-refractivity contribution in [2.45, 2.75) is 12.5 Å². The predicted molar refractivity (Wildman–Crippen MR) is 36.1 cm³/mol. The topological polar surface area (TPSA) is 36.4 Å². The molecule has 0 radical (unpaired) electrons. The first kappa shape index (κ1) is 4.99. The maximum Gasteiger partial charge on any atom is 0.0921 e. The first-order valence-electron chi connectivity index (χ1n) is 3.19. The predicted octanol–water partition coefficient (Wildman–Crippen LogP) is -0.179. The lowest BCUT2D eigenvalue weighted by Gasteiger charge is -2.21. The Morgan fingerprint density at radius 1 is 1.67 bits per heavy atom. The van der Waals surface area contributed by atoms with E-state index in [1.54, 1.807) is 0 Å². The van der Waals surface area contributed by atoms with Crippen LogP contribution in [0.4, 0.5) is 0 Å². The standard InChI is InChI=1S/C6H9N3/c1-3-7-5-2-4-8-9-6(1)5/h1,3,5,8-9H,2,4H2. The summed E-state index contributed by atoms with van der Waals surface area (Å²) in [4.78, 5) is 4.24. The fourth-order valence-electron chi connectivity index (χ4n) is 1.15. The van der Waals surface area contributed by atoms with E-state index in [2.05, 4.69) is 15.8 Å². The SMILES string of the molecule is C1=NC2CCNNC2=C1. The van der Waals surface area contributed by atoms with Crippen molar-refractivity contribution in [2.24, 2.45) is 4.99 Å². The highest BCUT2D eigenvalue weighted by Crippen LogP contribution is 2.13. The van der Waals surface area contributed by atoms with Gasteiger partial charge in [0, 0.05) is 12.8 Å². The van der Waals surface area contributed by atoms with Crippen LogP contribution in [0.5, 0.6) is 0 Å². The lowest BCUT2D eigenvalue weighted by molar-refractivity contribution is 0.469. The van der Waals surface area contributed by atoms with Gasteiger partial charge in [-0.05, 0) is 12.5 Å². The molecule has 48 valence electrons. The van der Waals surface area contributed by atoms with Crippen LogP contribution in [-0.4, -0.2) is 18.8 Å². The Labute approximate surface area is 53.8 Å². The monoisotopic (exact) mass is 123 g/mol. The number of aliphatic imine (C=N–C) groups is 1. The first-order valence-corrected chi connectivity index (χ1v) is 3.19. The van der Waals surface area contributed by atoms with Crippen molar-refractivity contribution in [3.05, 3.63) is 11.8 Å². The summed E-state index contributed by atoms with van der Waals surface area (Å²) in [6.07, 6.45) is 4.99. The molecular formula is C6H9N3. The van der Waals surface area contributed by atoms with Gasteiger partial charge >= 0.3 is 0 Å². The summed E-state index contributed by atoms with van der Waals surface area (Å²) in [5.74, 6) is 0. The van der Waals surface area contributed by atoms with E-state index in [-0.39, 0.29) is 0 Å². The molecule has 0 spiro atoms. The van der Waals surface area contributed by atoms with Gasteiger partial charge in [0.05, 0.1) is 11.7 Å². The number of hydrazine groups is 1. The Morgan fingerprint density at radius 3 is 3.56 bits per heavy atom. The van der Waals surface area contributed by atoms with E-state index in [1.807, 2.05) is 12.3 Å². The van der Waals surface area contributed by atoms with Crippen LogP contribution in [0, 0.1) is 0 Å². The van der Waals surface area contributed by atoms with Gasteiger partial charge in [-0.15, -0.1) is 0 Å². The van der Waals surface area contributed by atoms with Crippen LogP contribution in [0.3, 0.4) is 0 Å². The van der Waals surface area contributed by atoms with Crippen molar-refractivity contribution >= 4 is 6.21 Å². The summed E-state index contributed by atoms with van der Waals surface area (Å²) in [6.45, 7) is 1.01. The molecule has 0 amide bonds. The third-order valence-electron chi connectivity index (χ3n) is 1.65. The average molecular weight is 123 g/mol. The van der Waals surface area contributed by atoms with E-state index in [1.165, 1.54) is 5.70 Å². The number of nitrogens with zero attached hydrogens (tertiary/aromatic N) is 1. The lowest BCUT2D eigenvalue weighted by Crippen LogP contribution is -2.41. The van der Waals surface area contributed by atoms with Crippen LogP contribution < -0.4 is 10.9 Å². The van der Waals surface area contributed by atoms with Crippen LogP contribution in [0.2, 0.25) is 0 Å². The van der Waals surface area contributed by atoms with Crippen molar-refractivity contribution in [1.29, 1.82) is 0 Å². The van der Waals surface area contributed by atoms with Crippen molar-refractivity contribution in [1.82, 2.24) is 10.9 Å². The molecule has 0 aromatic rings. The number of allylic oxidation sites excluding steroid dienone is 1. The molecule has 2 rings (SSSR count). The fraction of sp³-hybridized carbons (Fsp3) is 0.500. The van der Waals surface area contributed by atoms with Gasteiger partial charge in [-0.3, -0.25) is 4.99 Å². The highest BCUT2D eigenvalue weighted by atomic mass is 15.4. The highest BCUT2D eigenvalue weighted by Gasteiger charge is 2.18. The molecule has 0 aromatic carbocycles. The Bertz CT molecular complexity index is 171. The van der Waals surface area contributed by atoms with E-state index in [9.17, 15) is 0 Å². The van der Waals surface area contributed by atoms with Crippen LogP contribution in [0.1, 0.15) is 6.42 Å². The molecule has 2 aliphatic heterocycles. The van der Waals surface area contributed by atoms with Gasteiger partial charge in [0.2, 0.25) is 0 Å². The maximum atomic E-state index is 4.24. The molecular weight excluding hydrogens is 114 g/mol. The zero-order chi connectivity index (χ0) is 6.10. The fourth-order valence-corrected chi connectivity index (χ4v) is 1.15. The largest absolute Gasteiger partial charge is 0.323 e. The molecule has 0 saturated carbocycles. The number of hydrogen-bond acceptors (Lipinski definition) is 3. The third-order valence-corrected chi connectivity index (χ3v) is 1.65. The summed E-state index contributed by atoms with van der Waals surface area (Å²) in [6, 6.07) is 0.422. The molecule has 3 heteroatoms. The van der Waals surface area contributed by atoms with E-state index in [4.69, 9.17) is 0 Å².